The summed E-state index contributed by atoms with van der Waals surface area (Å²) in [5.74, 6) is 1.82. The number of halogens is 1. The molecule has 0 aliphatic carbocycles. The molecule has 1 amide bonds. The van der Waals surface area contributed by atoms with Crippen LogP contribution in [-0.2, 0) is 11.3 Å². The van der Waals surface area contributed by atoms with E-state index in [4.69, 9.17) is 11.6 Å². The van der Waals surface area contributed by atoms with Gasteiger partial charge in [0.05, 0.1) is 13.1 Å². The first-order valence-corrected chi connectivity index (χ1v) is 11.5. The van der Waals surface area contributed by atoms with Crippen molar-refractivity contribution in [1.82, 2.24) is 16.0 Å². The van der Waals surface area contributed by atoms with Crippen LogP contribution in [0.4, 0.5) is 5.69 Å². The van der Waals surface area contributed by atoms with Crippen LogP contribution >= 0.6 is 23.4 Å². The highest BCUT2D eigenvalue weighted by Crippen LogP contribution is 2.19. The highest BCUT2D eigenvalue weighted by molar-refractivity contribution is 7.99. The lowest BCUT2D eigenvalue weighted by molar-refractivity contribution is -0.120. The van der Waals surface area contributed by atoms with Crippen LogP contribution < -0.4 is 20.9 Å². The summed E-state index contributed by atoms with van der Waals surface area (Å²) in [5, 5.41) is 10.3. The zero-order valence-electron chi connectivity index (χ0n) is 17.2. The zero-order valence-corrected chi connectivity index (χ0v) is 18.7. The maximum absolute atomic E-state index is 11.6. The molecule has 3 rings (SSSR count). The Bertz CT molecular complexity index is 842. The summed E-state index contributed by atoms with van der Waals surface area (Å²) in [7, 11) is 0. The Morgan fingerprint density at radius 3 is 2.63 bits per heavy atom. The van der Waals surface area contributed by atoms with Gasteiger partial charge in [0.25, 0.3) is 0 Å². The van der Waals surface area contributed by atoms with Gasteiger partial charge in [-0.2, -0.15) is 0 Å². The van der Waals surface area contributed by atoms with Crippen LogP contribution in [0.25, 0.3) is 0 Å². The summed E-state index contributed by atoms with van der Waals surface area (Å²) in [6, 6.07) is 16.2. The number of thioether (sulfide) groups is 1. The number of benzene rings is 2. The van der Waals surface area contributed by atoms with Crippen LogP contribution in [0.1, 0.15) is 12.5 Å². The number of piperazine rings is 1. The average Bonchev–Trinajstić information content (AvgIpc) is 2.76. The molecule has 1 aliphatic heterocycles. The zero-order chi connectivity index (χ0) is 21.2. The van der Waals surface area contributed by atoms with E-state index in [1.54, 1.807) is 11.8 Å². The predicted octanol–water partition coefficient (Wildman–Crippen LogP) is 3.12. The minimum absolute atomic E-state index is 0.0745. The Labute approximate surface area is 187 Å². The molecule has 3 N–H and O–H groups in total. The van der Waals surface area contributed by atoms with Crippen molar-refractivity contribution in [3.63, 3.8) is 0 Å². The van der Waals surface area contributed by atoms with Crippen molar-refractivity contribution < 1.29 is 4.79 Å². The number of amides is 1. The van der Waals surface area contributed by atoms with E-state index in [9.17, 15) is 4.79 Å². The van der Waals surface area contributed by atoms with E-state index < -0.39 is 0 Å². The number of rotatable bonds is 8. The first kappa shape index (κ1) is 22.3. The van der Waals surface area contributed by atoms with E-state index in [1.807, 2.05) is 24.3 Å². The van der Waals surface area contributed by atoms with E-state index in [0.29, 0.717) is 19.6 Å². The number of nitrogens with one attached hydrogen (secondary N) is 3. The highest BCUT2D eigenvalue weighted by atomic mass is 35.5. The van der Waals surface area contributed by atoms with E-state index in [-0.39, 0.29) is 5.91 Å². The molecule has 0 atom stereocenters. The molecule has 0 radical (unpaired) electrons. The molecule has 1 heterocycles. The second-order valence-electron chi connectivity index (χ2n) is 6.86. The third-order valence-corrected chi connectivity index (χ3v) is 5.85. The van der Waals surface area contributed by atoms with Crippen LogP contribution in [0.2, 0.25) is 5.02 Å². The van der Waals surface area contributed by atoms with Crippen molar-refractivity contribution in [3.05, 3.63) is 59.1 Å². The van der Waals surface area contributed by atoms with Gasteiger partial charge in [0.2, 0.25) is 5.91 Å². The number of nitrogens with zero attached hydrogens (tertiary/aromatic N) is 2. The lowest BCUT2D eigenvalue weighted by Gasteiger charge is -2.28. The van der Waals surface area contributed by atoms with E-state index in [0.717, 1.165) is 47.6 Å². The second kappa shape index (κ2) is 11.7. The van der Waals surface area contributed by atoms with Crippen LogP contribution in [0.15, 0.2) is 58.4 Å². The maximum atomic E-state index is 11.6. The lowest BCUT2D eigenvalue weighted by atomic mass is 10.2. The fourth-order valence-corrected chi connectivity index (χ4v) is 3.95. The molecule has 0 saturated carbocycles. The molecule has 6 nitrogen and oxygen atoms in total. The Morgan fingerprint density at radius 2 is 1.93 bits per heavy atom. The van der Waals surface area contributed by atoms with E-state index in [1.165, 1.54) is 4.90 Å². The molecule has 0 unspecified atom stereocenters. The summed E-state index contributed by atoms with van der Waals surface area (Å²) < 4.78 is 0. The van der Waals surface area contributed by atoms with Crippen molar-refractivity contribution in [2.75, 3.05) is 43.4 Å². The van der Waals surface area contributed by atoms with Crippen LogP contribution in [0.3, 0.4) is 0 Å². The second-order valence-corrected chi connectivity index (χ2v) is 8.47. The summed E-state index contributed by atoms with van der Waals surface area (Å²) >= 11 is 7.71. The minimum Gasteiger partial charge on any atom is -0.360 e. The first-order chi connectivity index (χ1) is 14.6. The van der Waals surface area contributed by atoms with Crippen molar-refractivity contribution in [2.24, 2.45) is 4.99 Å². The van der Waals surface area contributed by atoms with Gasteiger partial charge in [-0.25, -0.2) is 4.99 Å². The molecule has 1 aliphatic rings. The number of anilines is 1. The number of guanidine groups is 1. The van der Waals surface area contributed by atoms with Crippen molar-refractivity contribution in [2.45, 2.75) is 18.4 Å². The van der Waals surface area contributed by atoms with E-state index in [2.05, 4.69) is 57.0 Å². The monoisotopic (exact) mass is 445 g/mol. The SMILES string of the molecule is CCNC(=NCc1ccc(N2CCNC(=O)C2)cc1)NCCSc1ccc(Cl)cc1. The van der Waals surface area contributed by atoms with Crippen molar-refractivity contribution in [3.8, 4) is 0 Å². The van der Waals surface area contributed by atoms with Gasteiger partial charge in [0.15, 0.2) is 5.96 Å². The van der Waals surface area contributed by atoms with Crippen molar-refractivity contribution >= 4 is 40.9 Å². The van der Waals surface area contributed by atoms with Gasteiger partial charge in [-0.05, 0) is 48.9 Å². The molecule has 0 aromatic heterocycles. The number of aliphatic imine (C=N–C) groups is 1. The Balaban J connectivity index is 1.47. The molecule has 1 fully saturated rings. The van der Waals surface area contributed by atoms with Gasteiger partial charge in [-0.15, -0.1) is 11.8 Å². The number of carbonyl (C=O) groups is 1. The fraction of sp³-hybridized carbons (Fsp3) is 0.364. The minimum atomic E-state index is 0.0745. The quantitative estimate of drug-likeness (QED) is 0.252. The summed E-state index contributed by atoms with van der Waals surface area (Å²) in [4.78, 5) is 19.5. The smallest absolute Gasteiger partial charge is 0.239 e. The van der Waals surface area contributed by atoms with Crippen LogP contribution in [0.5, 0.6) is 0 Å². The van der Waals surface area contributed by atoms with Gasteiger partial charge in [-0.3, -0.25) is 4.79 Å². The Kier molecular flexibility index (Phi) is 8.71. The lowest BCUT2D eigenvalue weighted by Crippen LogP contribution is -2.47. The fourth-order valence-electron chi connectivity index (χ4n) is 3.05. The summed E-state index contributed by atoms with van der Waals surface area (Å²) in [5.41, 5.74) is 2.20. The molecule has 8 heteroatoms. The number of hydrogen-bond donors (Lipinski definition) is 3. The Morgan fingerprint density at radius 1 is 1.17 bits per heavy atom. The normalized spacial score (nSPS) is 14.4. The molecular weight excluding hydrogens is 418 g/mol. The first-order valence-electron chi connectivity index (χ1n) is 10.1. The molecular formula is C22H28ClN5OS. The molecule has 160 valence electrons. The van der Waals surface area contributed by atoms with Gasteiger partial charge < -0.3 is 20.9 Å². The average molecular weight is 446 g/mol. The molecule has 2 aromatic rings. The largest absolute Gasteiger partial charge is 0.360 e. The molecule has 1 saturated heterocycles. The van der Waals surface area contributed by atoms with Gasteiger partial charge in [0.1, 0.15) is 0 Å². The standard InChI is InChI=1S/C22H28ClN5OS/c1-2-24-22(26-12-14-30-20-9-5-18(23)6-10-20)27-15-17-3-7-19(8-4-17)28-13-11-25-21(29)16-28/h3-10H,2,11-16H2,1H3,(H,25,29)(H2,24,26,27). The molecule has 2 aromatic carbocycles. The summed E-state index contributed by atoms with van der Waals surface area (Å²) in [6.07, 6.45) is 0. The topological polar surface area (TPSA) is 68.8 Å². The summed E-state index contributed by atoms with van der Waals surface area (Å²) in [6.45, 7) is 6.23. The van der Waals surface area contributed by atoms with Gasteiger partial charge in [-0.1, -0.05) is 23.7 Å². The molecule has 30 heavy (non-hydrogen) atoms. The molecule has 0 bridgehead atoms. The van der Waals surface area contributed by atoms with Crippen LogP contribution in [-0.4, -0.2) is 50.3 Å². The van der Waals surface area contributed by atoms with Crippen molar-refractivity contribution in [1.29, 1.82) is 0 Å². The van der Waals surface area contributed by atoms with Crippen LogP contribution in [0, 0.1) is 0 Å². The Hall–Kier alpha value is -2.38. The highest BCUT2D eigenvalue weighted by Gasteiger charge is 2.16. The number of carbonyl (C=O) groups excluding carboxylic acids is 1. The maximum Gasteiger partial charge on any atom is 0.239 e. The molecule has 0 spiro atoms. The third kappa shape index (κ3) is 7.15. The third-order valence-electron chi connectivity index (χ3n) is 4.58. The van der Waals surface area contributed by atoms with Gasteiger partial charge in [0, 0.05) is 47.5 Å². The number of hydrogen-bond acceptors (Lipinski definition) is 4. The predicted molar refractivity (Wildman–Crippen MR) is 127 cm³/mol. The van der Waals surface area contributed by atoms with E-state index >= 15 is 0 Å². The van der Waals surface area contributed by atoms with Gasteiger partial charge >= 0.3 is 0 Å².